The summed E-state index contributed by atoms with van der Waals surface area (Å²) in [5, 5.41) is 5.74. The Kier molecular flexibility index (Phi) is 6.47. The van der Waals surface area contributed by atoms with Gasteiger partial charge in [-0.1, -0.05) is 18.7 Å². The Hall–Kier alpha value is -2.93. The molecule has 25 heavy (non-hydrogen) atoms. The topological polar surface area (TPSA) is 88.5 Å². The Balaban J connectivity index is 2.13. The maximum atomic E-state index is 12.5. The lowest BCUT2D eigenvalue weighted by Gasteiger charge is -2.11. The smallest absolute Gasteiger partial charge is 0.256 e. The molecule has 0 fully saturated rings. The number of nitrogens with one attached hydrogen (secondary N) is 2. The fourth-order valence-electron chi connectivity index (χ4n) is 1.96. The van der Waals surface area contributed by atoms with Gasteiger partial charge in [-0.2, -0.15) is 4.98 Å². The highest BCUT2D eigenvalue weighted by atomic mass is 35.5. The van der Waals surface area contributed by atoms with Crippen molar-refractivity contribution in [2.45, 2.75) is 6.54 Å². The molecule has 0 saturated carbocycles. The second-order valence-electron chi connectivity index (χ2n) is 4.87. The van der Waals surface area contributed by atoms with Crippen LogP contribution in [0.15, 0.2) is 48.1 Å². The first kappa shape index (κ1) is 18.4. The Morgan fingerprint density at radius 1 is 1.40 bits per heavy atom. The van der Waals surface area contributed by atoms with Crippen molar-refractivity contribution in [2.24, 2.45) is 4.99 Å². The zero-order chi connectivity index (χ0) is 18.2. The van der Waals surface area contributed by atoms with Gasteiger partial charge in [-0.05, 0) is 35.4 Å². The van der Waals surface area contributed by atoms with Crippen LogP contribution in [0.25, 0.3) is 0 Å². The number of anilines is 1. The van der Waals surface area contributed by atoms with E-state index in [1.165, 1.54) is 12.3 Å². The highest BCUT2D eigenvalue weighted by molar-refractivity contribution is 6.28. The second-order valence-corrected chi connectivity index (χ2v) is 5.21. The van der Waals surface area contributed by atoms with Crippen molar-refractivity contribution < 1.29 is 9.53 Å². The van der Waals surface area contributed by atoms with Crippen LogP contribution in [0.4, 0.5) is 5.82 Å². The predicted octanol–water partition coefficient (Wildman–Crippen LogP) is 2.69. The maximum Gasteiger partial charge on any atom is 0.256 e. The van der Waals surface area contributed by atoms with Gasteiger partial charge >= 0.3 is 0 Å². The van der Waals surface area contributed by atoms with Gasteiger partial charge in [-0.25, -0.2) is 4.98 Å². The number of methoxy groups -OCH3 is 1. The summed E-state index contributed by atoms with van der Waals surface area (Å²) in [6, 6.07) is 7.40. The molecule has 0 atom stereocenters. The second kappa shape index (κ2) is 8.79. The van der Waals surface area contributed by atoms with Crippen LogP contribution in [0, 0.1) is 0 Å². The molecule has 130 valence electrons. The van der Waals surface area contributed by atoms with Crippen LogP contribution < -0.4 is 15.4 Å². The van der Waals surface area contributed by atoms with Crippen molar-refractivity contribution in [1.29, 1.82) is 0 Å². The largest absolute Gasteiger partial charge is 0.497 e. The van der Waals surface area contributed by atoms with Gasteiger partial charge in [0.25, 0.3) is 5.91 Å². The molecule has 0 bridgehead atoms. The molecule has 2 N–H and O–H groups in total. The summed E-state index contributed by atoms with van der Waals surface area (Å²) in [6.45, 7) is 3.98. The minimum atomic E-state index is -0.338. The average molecular weight is 360 g/mol. The molecule has 2 aromatic rings. The number of benzene rings is 1. The zero-order valence-electron chi connectivity index (χ0n) is 13.9. The first-order valence-electron chi connectivity index (χ1n) is 7.37. The summed E-state index contributed by atoms with van der Waals surface area (Å²) in [6.07, 6.45) is 2.87. The lowest BCUT2D eigenvalue weighted by Crippen LogP contribution is -2.25. The molecule has 0 aliphatic rings. The van der Waals surface area contributed by atoms with Crippen LogP contribution in [0.5, 0.6) is 5.75 Å². The van der Waals surface area contributed by atoms with Gasteiger partial charge in [-0.3, -0.25) is 9.79 Å². The van der Waals surface area contributed by atoms with E-state index in [4.69, 9.17) is 16.3 Å². The SMILES string of the molecule is C=CC(=NC)Nc1nc(Cl)ncc1C(=O)NCc1ccc(OC)cc1. The van der Waals surface area contributed by atoms with Crippen LogP contribution in [-0.4, -0.2) is 35.9 Å². The van der Waals surface area contributed by atoms with Crippen molar-refractivity contribution in [1.82, 2.24) is 15.3 Å². The Bertz CT molecular complexity index is 790. The van der Waals surface area contributed by atoms with E-state index in [1.807, 2.05) is 24.3 Å². The number of hydrogen-bond acceptors (Lipinski definition) is 5. The van der Waals surface area contributed by atoms with Gasteiger partial charge in [0.15, 0.2) is 0 Å². The molecule has 1 aromatic heterocycles. The number of amides is 1. The summed E-state index contributed by atoms with van der Waals surface area (Å²) in [4.78, 5) is 24.4. The zero-order valence-corrected chi connectivity index (χ0v) is 14.7. The fourth-order valence-corrected chi connectivity index (χ4v) is 2.10. The van der Waals surface area contributed by atoms with E-state index in [9.17, 15) is 4.79 Å². The summed E-state index contributed by atoms with van der Waals surface area (Å²) in [7, 11) is 3.19. The minimum Gasteiger partial charge on any atom is -0.497 e. The number of rotatable bonds is 6. The summed E-state index contributed by atoms with van der Waals surface area (Å²) in [5.41, 5.74) is 1.18. The number of aromatic nitrogens is 2. The molecule has 2 rings (SSSR count). The van der Waals surface area contributed by atoms with Crippen molar-refractivity contribution in [3.63, 3.8) is 0 Å². The molecule has 0 unspecified atom stereocenters. The van der Waals surface area contributed by atoms with E-state index in [2.05, 4.69) is 32.2 Å². The number of halogens is 1. The summed E-state index contributed by atoms with van der Waals surface area (Å²) < 4.78 is 5.11. The van der Waals surface area contributed by atoms with Crippen molar-refractivity contribution in [3.05, 3.63) is 59.5 Å². The van der Waals surface area contributed by atoms with Gasteiger partial charge in [-0.15, -0.1) is 0 Å². The molecule has 0 saturated heterocycles. The first-order chi connectivity index (χ1) is 12.1. The van der Waals surface area contributed by atoms with E-state index in [-0.39, 0.29) is 22.6 Å². The lowest BCUT2D eigenvalue weighted by atomic mass is 10.2. The maximum absolute atomic E-state index is 12.5. The molecule has 0 spiro atoms. The summed E-state index contributed by atoms with van der Waals surface area (Å²) in [5.74, 6) is 1.13. The molecule has 0 aliphatic carbocycles. The fraction of sp³-hybridized carbons (Fsp3) is 0.176. The molecular formula is C17H18ClN5O2. The Morgan fingerprint density at radius 2 is 2.12 bits per heavy atom. The van der Waals surface area contributed by atoms with Crippen LogP contribution in [0.3, 0.4) is 0 Å². The van der Waals surface area contributed by atoms with E-state index in [1.54, 1.807) is 14.2 Å². The molecule has 0 aliphatic heterocycles. The van der Waals surface area contributed by atoms with E-state index < -0.39 is 0 Å². The Morgan fingerprint density at radius 3 is 2.72 bits per heavy atom. The number of ether oxygens (including phenoxy) is 1. The van der Waals surface area contributed by atoms with Crippen molar-refractivity contribution in [2.75, 3.05) is 19.5 Å². The van der Waals surface area contributed by atoms with Crippen molar-refractivity contribution >= 4 is 29.2 Å². The Labute approximate surface area is 150 Å². The molecule has 8 heteroatoms. The molecule has 1 amide bonds. The standard InChI is InChI=1S/C17H18ClN5O2/c1-4-14(19-2)22-15-13(10-21-17(18)23-15)16(24)20-9-11-5-7-12(25-3)8-6-11/h4-8,10H,1,9H2,2-3H3,(H,20,24)(H,19,21,22,23). The number of nitrogens with zero attached hydrogens (tertiary/aromatic N) is 3. The molecule has 1 aromatic carbocycles. The predicted molar refractivity (Wildman–Crippen MR) is 98.4 cm³/mol. The van der Waals surface area contributed by atoms with E-state index in [0.29, 0.717) is 12.4 Å². The third kappa shape index (κ3) is 5.02. The number of amidine groups is 1. The molecule has 1 heterocycles. The van der Waals surface area contributed by atoms with Gasteiger partial charge in [0.05, 0.1) is 7.11 Å². The van der Waals surface area contributed by atoms with Gasteiger partial charge in [0.1, 0.15) is 23.0 Å². The monoisotopic (exact) mass is 359 g/mol. The highest BCUT2D eigenvalue weighted by Crippen LogP contribution is 2.15. The number of hydrogen-bond donors (Lipinski definition) is 2. The molecular weight excluding hydrogens is 342 g/mol. The highest BCUT2D eigenvalue weighted by Gasteiger charge is 2.15. The molecule has 0 radical (unpaired) electrons. The number of aliphatic imine (C=N–C) groups is 1. The number of carbonyl (C=O) groups excluding carboxylic acids is 1. The normalized spacial score (nSPS) is 10.9. The van der Waals surface area contributed by atoms with E-state index in [0.717, 1.165) is 11.3 Å². The van der Waals surface area contributed by atoms with Crippen LogP contribution in [-0.2, 0) is 6.54 Å². The van der Waals surface area contributed by atoms with Crippen LogP contribution in [0.2, 0.25) is 5.28 Å². The quantitative estimate of drug-likeness (QED) is 0.470. The average Bonchev–Trinajstić information content (AvgIpc) is 2.64. The number of carbonyl (C=O) groups is 1. The van der Waals surface area contributed by atoms with Gasteiger partial charge in [0.2, 0.25) is 5.28 Å². The third-order valence-electron chi connectivity index (χ3n) is 3.30. The third-order valence-corrected chi connectivity index (χ3v) is 3.48. The first-order valence-corrected chi connectivity index (χ1v) is 7.75. The van der Waals surface area contributed by atoms with Crippen LogP contribution in [0.1, 0.15) is 15.9 Å². The minimum absolute atomic E-state index is 0.0220. The van der Waals surface area contributed by atoms with Gasteiger partial charge in [0, 0.05) is 19.8 Å². The molecule has 7 nitrogen and oxygen atoms in total. The van der Waals surface area contributed by atoms with Gasteiger partial charge < -0.3 is 15.4 Å². The van der Waals surface area contributed by atoms with Crippen molar-refractivity contribution in [3.8, 4) is 5.75 Å². The van der Waals surface area contributed by atoms with Crippen LogP contribution >= 0.6 is 11.6 Å². The summed E-state index contributed by atoms with van der Waals surface area (Å²) >= 11 is 5.82. The lowest BCUT2D eigenvalue weighted by molar-refractivity contribution is 0.0951. The van der Waals surface area contributed by atoms with E-state index >= 15 is 0 Å².